The first-order valence-electron chi connectivity index (χ1n) is 5.76. The van der Waals surface area contributed by atoms with Crippen molar-refractivity contribution in [1.29, 1.82) is 0 Å². The molecule has 3 aliphatic carbocycles. The van der Waals surface area contributed by atoms with Crippen LogP contribution in [0, 0.1) is 10.8 Å². The lowest BCUT2D eigenvalue weighted by atomic mass is 9.52. The van der Waals surface area contributed by atoms with Crippen molar-refractivity contribution in [3.63, 3.8) is 0 Å². The third-order valence-corrected chi connectivity index (χ3v) is 5.09. The second-order valence-corrected chi connectivity index (χ2v) is 5.67. The van der Waals surface area contributed by atoms with E-state index in [1.807, 2.05) is 0 Å². The molecule has 0 aromatic heterocycles. The monoisotopic (exact) mass is 288 g/mol. The summed E-state index contributed by atoms with van der Waals surface area (Å²) in [5, 5.41) is 0.443. The molecule has 0 spiro atoms. The average Bonchev–Trinajstić information content (AvgIpc) is 2.38. The summed E-state index contributed by atoms with van der Waals surface area (Å²) < 4.78 is 4.90. The van der Waals surface area contributed by atoms with Gasteiger partial charge in [0, 0.05) is 5.41 Å². The molecular formula is C12H17BrO3. The molecule has 16 heavy (non-hydrogen) atoms. The SMILES string of the molecule is COC(=O)C12CCC(C(=O)CBr)(CC1)CC2. The summed E-state index contributed by atoms with van der Waals surface area (Å²) in [4.78, 5) is 23.7. The molecule has 0 saturated heterocycles. The highest BCUT2D eigenvalue weighted by Gasteiger charge is 2.55. The van der Waals surface area contributed by atoms with E-state index in [1.165, 1.54) is 7.11 Å². The molecule has 3 saturated carbocycles. The lowest BCUT2D eigenvalue weighted by Gasteiger charge is -2.50. The maximum absolute atomic E-state index is 11.9. The number of fused-ring (bicyclic) bond motifs is 3. The van der Waals surface area contributed by atoms with E-state index in [4.69, 9.17) is 4.74 Å². The molecule has 90 valence electrons. The topological polar surface area (TPSA) is 43.4 Å². The summed E-state index contributed by atoms with van der Waals surface area (Å²) in [7, 11) is 1.46. The molecule has 0 heterocycles. The maximum atomic E-state index is 11.9. The number of alkyl halides is 1. The van der Waals surface area contributed by atoms with Crippen LogP contribution in [0.25, 0.3) is 0 Å². The second-order valence-electron chi connectivity index (χ2n) is 5.11. The molecule has 4 heteroatoms. The van der Waals surface area contributed by atoms with E-state index in [2.05, 4.69) is 15.9 Å². The van der Waals surface area contributed by atoms with Crippen molar-refractivity contribution >= 4 is 27.7 Å². The Bertz CT molecular complexity index is 268. The van der Waals surface area contributed by atoms with Crippen LogP contribution in [0.3, 0.4) is 0 Å². The van der Waals surface area contributed by atoms with Gasteiger partial charge in [0.05, 0.1) is 17.9 Å². The molecule has 0 aromatic carbocycles. The Kier molecular flexibility index (Phi) is 3.12. The Balaban J connectivity index is 2.14. The zero-order valence-corrected chi connectivity index (χ0v) is 11.1. The Morgan fingerprint density at radius 1 is 1.06 bits per heavy atom. The van der Waals surface area contributed by atoms with Crippen LogP contribution in [-0.2, 0) is 14.3 Å². The standard InChI is InChI=1S/C12H17BrO3/c1-16-10(15)12-5-2-11(3-6-12,4-7-12)9(14)8-13/h2-8H2,1H3. The second kappa shape index (κ2) is 4.13. The summed E-state index contributed by atoms with van der Waals surface area (Å²) in [5.41, 5.74) is -0.414. The third-order valence-electron chi connectivity index (χ3n) is 4.58. The maximum Gasteiger partial charge on any atom is 0.311 e. The van der Waals surface area contributed by atoms with Crippen molar-refractivity contribution in [2.75, 3.05) is 12.4 Å². The minimum Gasteiger partial charge on any atom is -0.469 e. The van der Waals surface area contributed by atoms with Crippen molar-refractivity contribution in [3.8, 4) is 0 Å². The van der Waals surface area contributed by atoms with Crippen molar-refractivity contribution < 1.29 is 14.3 Å². The van der Waals surface area contributed by atoms with E-state index in [1.54, 1.807) is 0 Å². The predicted molar refractivity (Wildman–Crippen MR) is 63.4 cm³/mol. The zero-order chi connectivity index (χ0) is 11.8. The largest absolute Gasteiger partial charge is 0.469 e. The van der Waals surface area contributed by atoms with Gasteiger partial charge in [-0.3, -0.25) is 9.59 Å². The number of Topliss-reactive ketones (excluding diaryl/α,β-unsaturated/α-hetero) is 1. The summed E-state index contributed by atoms with van der Waals surface area (Å²) in [6.07, 6.45) is 5.01. The fourth-order valence-electron chi connectivity index (χ4n) is 3.27. The summed E-state index contributed by atoms with van der Waals surface area (Å²) in [5.74, 6) is 0.234. The molecule has 0 unspecified atom stereocenters. The van der Waals surface area contributed by atoms with Crippen LogP contribution >= 0.6 is 15.9 Å². The molecule has 0 N–H and O–H groups in total. The van der Waals surface area contributed by atoms with E-state index in [0.29, 0.717) is 11.1 Å². The van der Waals surface area contributed by atoms with E-state index in [9.17, 15) is 9.59 Å². The van der Waals surface area contributed by atoms with E-state index in [-0.39, 0.29) is 16.8 Å². The van der Waals surface area contributed by atoms with Gasteiger partial charge in [-0.15, -0.1) is 0 Å². The molecular weight excluding hydrogens is 272 g/mol. The van der Waals surface area contributed by atoms with Gasteiger partial charge >= 0.3 is 5.97 Å². The zero-order valence-electron chi connectivity index (χ0n) is 9.55. The van der Waals surface area contributed by atoms with Gasteiger partial charge in [0.25, 0.3) is 0 Å². The first-order valence-corrected chi connectivity index (χ1v) is 6.88. The minimum atomic E-state index is -0.275. The van der Waals surface area contributed by atoms with E-state index >= 15 is 0 Å². The number of esters is 1. The first kappa shape index (κ1) is 12.1. The lowest BCUT2D eigenvalue weighted by molar-refractivity contribution is -0.165. The van der Waals surface area contributed by atoms with Gasteiger partial charge in [-0.1, -0.05) is 15.9 Å². The van der Waals surface area contributed by atoms with Gasteiger partial charge in [-0.2, -0.15) is 0 Å². The Morgan fingerprint density at radius 3 is 1.88 bits per heavy atom. The van der Waals surface area contributed by atoms with Crippen molar-refractivity contribution in [3.05, 3.63) is 0 Å². The quantitative estimate of drug-likeness (QED) is 0.592. The number of hydrogen-bond donors (Lipinski definition) is 0. The van der Waals surface area contributed by atoms with Crippen LogP contribution in [0.4, 0.5) is 0 Å². The highest BCUT2D eigenvalue weighted by atomic mass is 79.9. The molecule has 3 aliphatic rings. The van der Waals surface area contributed by atoms with Gasteiger partial charge in [-0.25, -0.2) is 0 Å². The van der Waals surface area contributed by atoms with Crippen molar-refractivity contribution in [1.82, 2.24) is 0 Å². The number of hydrogen-bond acceptors (Lipinski definition) is 3. The van der Waals surface area contributed by atoms with E-state index < -0.39 is 0 Å². The molecule has 0 amide bonds. The number of carbonyl (C=O) groups excluding carboxylic acids is 2. The normalized spacial score (nSPS) is 37.1. The lowest BCUT2D eigenvalue weighted by Crippen LogP contribution is -2.49. The van der Waals surface area contributed by atoms with E-state index in [0.717, 1.165) is 38.5 Å². The smallest absolute Gasteiger partial charge is 0.311 e. The highest BCUT2D eigenvalue weighted by Crippen LogP contribution is 2.57. The summed E-state index contributed by atoms with van der Waals surface area (Å²) >= 11 is 3.26. The van der Waals surface area contributed by atoms with Crippen molar-refractivity contribution in [2.24, 2.45) is 10.8 Å². The molecule has 3 fully saturated rings. The molecule has 0 aromatic rings. The number of ketones is 1. The number of ether oxygens (including phenoxy) is 1. The van der Waals surface area contributed by atoms with Crippen LogP contribution in [0.15, 0.2) is 0 Å². The number of carbonyl (C=O) groups is 2. The molecule has 3 nitrogen and oxygen atoms in total. The first-order chi connectivity index (χ1) is 7.58. The average molecular weight is 289 g/mol. The van der Waals surface area contributed by atoms with Gasteiger partial charge in [0.15, 0.2) is 0 Å². The molecule has 2 bridgehead atoms. The van der Waals surface area contributed by atoms with Crippen LogP contribution in [0.2, 0.25) is 0 Å². The van der Waals surface area contributed by atoms with Crippen molar-refractivity contribution in [2.45, 2.75) is 38.5 Å². The highest BCUT2D eigenvalue weighted by molar-refractivity contribution is 9.09. The van der Waals surface area contributed by atoms with Crippen LogP contribution in [-0.4, -0.2) is 24.2 Å². The predicted octanol–water partition coefficient (Wildman–Crippen LogP) is 2.46. The number of methoxy groups -OCH3 is 1. The molecule has 3 rings (SSSR count). The summed E-state index contributed by atoms with van der Waals surface area (Å²) in [6, 6.07) is 0. The summed E-state index contributed by atoms with van der Waals surface area (Å²) in [6.45, 7) is 0. The molecule has 0 atom stereocenters. The van der Waals surface area contributed by atoms with Crippen LogP contribution in [0.5, 0.6) is 0 Å². The number of rotatable bonds is 3. The molecule has 0 aliphatic heterocycles. The fourth-order valence-corrected chi connectivity index (χ4v) is 3.86. The minimum absolute atomic E-state index is 0.0768. The van der Waals surface area contributed by atoms with Gasteiger partial charge in [0.1, 0.15) is 5.78 Å². The molecule has 0 radical (unpaired) electrons. The van der Waals surface area contributed by atoms with Gasteiger partial charge in [0.2, 0.25) is 0 Å². The van der Waals surface area contributed by atoms with Gasteiger partial charge < -0.3 is 4.74 Å². The Hall–Kier alpha value is -0.380. The van der Waals surface area contributed by atoms with Crippen LogP contribution in [0.1, 0.15) is 38.5 Å². The third kappa shape index (κ3) is 1.62. The van der Waals surface area contributed by atoms with Gasteiger partial charge in [-0.05, 0) is 38.5 Å². The van der Waals surface area contributed by atoms with Crippen LogP contribution < -0.4 is 0 Å². The fraction of sp³-hybridized carbons (Fsp3) is 0.833. The Morgan fingerprint density at radius 2 is 1.50 bits per heavy atom. The number of halogens is 1. The Labute approximate surface area is 104 Å².